The summed E-state index contributed by atoms with van der Waals surface area (Å²) in [6, 6.07) is 14.8. The van der Waals surface area contributed by atoms with Crippen molar-refractivity contribution in [1.29, 1.82) is 0 Å². The van der Waals surface area contributed by atoms with Crippen LogP contribution < -0.4 is 24.3 Å². The van der Waals surface area contributed by atoms with Crippen LogP contribution in [0.5, 0.6) is 23.0 Å². The van der Waals surface area contributed by atoms with Crippen LogP contribution in [0, 0.1) is 0 Å². The highest BCUT2D eigenvalue weighted by Crippen LogP contribution is 2.30. The molecule has 1 fully saturated rings. The fourth-order valence-corrected chi connectivity index (χ4v) is 3.56. The number of amides is 4. The average Bonchev–Trinajstić information content (AvgIpc) is 3.43. The van der Waals surface area contributed by atoms with Crippen LogP contribution in [-0.2, 0) is 16.1 Å². The molecule has 0 spiro atoms. The predicted octanol–water partition coefficient (Wildman–Crippen LogP) is 3.81. The van der Waals surface area contributed by atoms with Crippen molar-refractivity contribution in [3.63, 3.8) is 0 Å². The van der Waals surface area contributed by atoms with Crippen LogP contribution in [0.15, 0.2) is 70.9 Å². The van der Waals surface area contributed by atoms with Gasteiger partial charge in [0.25, 0.3) is 11.8 Å². The van der Waals surface area contributed by atoms with Crippen molar-refractivity contribution in [1.82, 2.24) is 10.2 Å². The number of furan rings is 1. The number of hydrogen-bond acceptors (Lipinski definition) is 8. The van der Waals surface area contributed by atoms with E-state index in [2.05, 4.69) is 5.32 Å². The minimum Gasteiger partial charge on any atom is -0.497 e. The molecular weight excluding hydrogens is 480 g/mol. The van der Waals surface area contributed by atoms with Gasteiger partial charge in [-0.25, -0.2) is 4.79 Å². The summed E-state index contributed by atoms with van der Waals surface area (Å²) in [4.78, 5) is 38.4. The Morgan fingerprint density at radius 2 is 1.65 bits per heavy atom. The van der Waals surface area contributed by atoms with Gasteiger partial charge in [-0.3, -0.25) is 19.8 Å². The maximum Gasteiger partial charge on any atom is 0.331 e. The van der Waals surface area contributed by atoms with E-state index in [1.165, 1.54) is 19.4 Å². The molecule has 0 atom stereocenters. The molecule has 4 amide bonds. The third kappa shape index (κ3) is 6.29. The number of urea groups is 1. The smallest absolute Gasteiger partial charge is 0.331 e. The van der Waals surface area contributed by atoms with E-state index in [4.69, 9.17) is 23.4 Å². The fourth-order valence-electron chi connectivity index (χ4n) is 3.56. The van der Waals surface area contributed by atoms with E-state index in [0.29, 0.717) is 42.5 Å². The topological polar surface area (TPSA) is 117 Å². The second kappa shape index (κ2) is 11.8. The highest BCUT2D eigenvalue weighted by Gasteiger charge is 2.36. The molecule has 0 saturated carbocycles. The molecule has 1 saturated heterocycles. The number of carbonyl (C=O) groups excluding carboxylic acids is 3. The lowest BCUT2D eigenvalue weighted by Crippen LogP contribution is -2.53. The van der Waals surface area contributed by atoms with Crippen LogP contribution in [0.3, 0.4) is 0 Å². The van der Waals surface area contributed by atoms with E-state index in [-0.39, 0.29) is 12.1 Å². The molecule has 1 aliphatic rings. The molecule has 0 aliphatic carbocycles. The first-order chi connectivity index (χ1) is 18.0. The number of imide groups is 2. The largest absolute Gasteiger partial charge is 0.497 e. The first-order valence-corrected chi connectivity index (χ1v) is 11.5. The second-order valence-corrected chi connectivity index (χ2v) is 7.92. The first kappa shape index (κ1) is 25.4. The average molecular weight is 507 g/mol. The summed E-state index contributed by atoms with van der Waals surface area (Å²) in [7, 11) is 3.10. The molecule has 1 aliphatic heterocycles. The summed E-state index contributed by atoms with van der Waals surface area (Å²) in [6.07, 6.45) is 3.47. The summed E-state index contributed by atoms with van der Waals surface area (Å²) in [5.41, 5.74) is 0.343. The number of ether oxygens (including phenoxy) is 4. The van der Waals surface area contributed by atoms with Gasteiger partial charge in [0.15, 0.2) is 11.5 Å². The lowest BCUT2D eigenvalue weighted by atomic mass is 10.1. The molecule has 2 heterocycles. The molecule has 0 radical (unpaired) electrons. The molecule has 10 heteroatoms. The Hall–Kier alpha value is -4.73. The standard InChI is InChI=1S/C27H26N2O8/c1-33-19-7-9-20(10-8-19)35-13-4-14-37-23-11-6-18(16-24(23)34-2)15-22-25(30)28-27(32)29(26(22)31)17-21-5-3-12-36-21/h3,5-12,15-16H,4,13-14,17H2,1-2H3,(H,28,30,32)/b22-15+. The van der Waals surface area contributed by atoms with Crippen molar-refractivity contribution in [2.45, 2.75) is 13.0 Å². The lowest BCUT2D eigenvalue weighted by molar-refractivity contribution is -0.130. The molecule has 1 N–H and O–H groups in total. The van der Waals surface area contributed by atoms with Gasteiger partial charge in [0.2, 0.25) is 0 Å². The molecule has 10 nitrogen and oxygen atoms in total. The number of benzene rings is 2. The van der Waals surface area contributed by atoms with Crippen LogP contribution in [0.2, 0.25) is 0 Å². The van der Waals surface area contributed by atoms with Crippen molar-refractivity contribution in [2.75, 3.05) is 27.4 Å². The normalized spacial score (nSPS) is 14.5. The minimum atomic E-state index is -0.805. The number of carbonyl (C=O) groups is 3. The molecule has 0 unspecified atom stereocenters. The zero-order valence-corrected chi connectivity index (χ0v) is 20.4. The Labute approximate surface area is 213 Å². The van der Waals surface area contributed by atoms with Crippen molar-refractivity contribution < 1.29 is 37.7 Å². The lowest BCUT2D eigenvalue weighted by Gasteiger charge is -2.25. The van der Waals surface area contributed by atoms with E-state index in [1.54, 1.807) is 37.4 Å². The van der Waals surface area contributed by atoms with Crippen LogP contribution in [0.25, 0.3) is 6.08 Å². The van der Waals surface area contributed by atoms with Gasteiger partial charge in [-0.1, -0.05) is 6.07 Å². The Morgan fingerprint density at radius 1 is 0.892 bits per heavy atom. The number of methoxy groups -OCH3 is 2. The van der Waals surface area contributed by atoms with Gasteiger partial charge in [-0.2, -0.15) is 0 Å². The Bertz CT molecular complexity index is 1280. The van der Waals surface area contributed by atoms with Gasteiger partial charge >= 0.3 is 6.03 Å². The van der Waals surface area contributed by atoms with Crippen LogP contribution in [0.4, 0.5) is 4.79 Å². The molecule has 192 valence electrons. The molecule has 3 aromatic rings. The van der Waals surface area contributed by atoms with E-state index < -0.39 is 17.8 Å². The minimum absolute atomic E-state index is 0.0967. The molecule has 0 bridgehead atoms. The van der Waals surface area contributed by atoms with Gasteiger partial charge in [0.1, 0.15) is 22.8 Å². The third-order valence-corrected chi connectivity index (χ3v) is 5.45. The number of hydrogen-bond donors (Lipinski definition) is 1. The summed E-state index contributed by atoms with van der Waals surface area (Å²) in [5, 5.41) is 2.18. The summed E-state index contributed by atoms with van der Waals surface area (Å²) in [5.74, 6) is 1.34. The maximum absolute atomic E-state index is 12.9. The molecule has 37 heavy (non-hydrogen) atoms. The van der Waals surface area contributed by atoms with Gasteiger partial charge in [-0.15, -0.1) is 0 Å². The maximum atomic E-state index is 12.9. The monoisotopic (exact) mass is 506 g/mol. The zero-order valence-electron chi connectivity index (χ0n) is 20.4. The van der Waals surface area contributed by atoms with E-state index in [9.17, 15) is 14.4 Å². The molecule has 1 aromatic heterocycles. The number of nitrogens with zero attached hydrogens (tertiary/aromatic N) is 1. The van der Waals surface area contributed by atoms with Crippen LogP contribution >= 0.6 is 0 Å². The van der Waals surface area contributed by atoms with Crippen molar-refractivity contribution in [3.05, 3.63) is 77.8 Å². The van der Waals surface area contributed by atoms with E-state index in [1.807, 2.05) is 24.3 Å². The van der Waals surface area contributed by atoms with Gasteiger partial charge in [-0.05, 0) is 60.2 Å². The number of nitrogens with one attached hydrogen (secondary N) is 1. The molecular formula is C27H26N2O8. The zero-order chi connectivity index (χ0) is 26.2. The van der Waals surface area contributed by atoms with Crippen LogP contribution in [-0.4, -0.2) is 50.2 Å². The Morgan fingerprint density at radius 3 is 2.35 bits per heavy atom. The number of rotatable bonds is 11. The van der Waals surface area contributed by atoms with E-state index >= 15 is 0 Å². The predicted molar refractivity (Wildman–Crippen MR) is 132 cm³/mol. The van der Waals surface area contributed by atoms with Crippen molar-refractivity contribution >= 4 is 23.9 Å². The third-order valence-electron chi connectivity index (χ3n) is 5.45. The van der Waals surface area contributed by atoms with Crippen LogP contribution in [0.1, 0.15) is 17.7 Å². The second-order valence-electron chi connectivity index (χ2n) is 7.92. The summed E-state index contributed by atoms with van der Waals surface area (Å²) < 4.78 is 27.3. The molecule has 2 aromatic carbocycles. The van der Waals surface area contributed by atoms with Crippen molar-refractivity contribution in [3.8, 4) is 23.0 Å². The van der Waals surface area contributed by atoms with Gasteiger partial charge in [0, 0.05) is 6.42 Å². The summed E-state index contributed by atoms with van der Waals surface area (Å²) in [6.45, 7) is 0.752. The van der Waals surface area contributed by atoms with E-state index in [0.717, 1.165) is 16.4 Å². The quantitative estimate of drug-likeness (QED) is 0.237. The van der Waals surface area contributed by atoms with Gasteiger partial charge in [0.05, 0.1) is 40.2 Å². The van der Waals surface area contributed by atoms with Crippen molar-refractivity contribution in [2.24, 2.45) is 0 Å². The highest BCUT2D eigenvalue weighted by atomic mass is 16.5. The fraction of sp³-hybridized carbons (Fsp3) is 0.222. The number of barbiturate groups is 1. The van der Waals surface area contributed by atoms with Gasteiger partial charge < -0.3 is 23.4 Å². The SMILES string of the molecule is COc1ccc(OCCCOc2ccc(/C=C3\C(=O)NC(=O)N(Cc4ccco4)C3=O)cc2OC)cc1. The Balaban J connectivity index is 1.37. The molecule has 4 rings (SSSR count). The highest BCUT2D eigenvalue weighted by molar-refractivity contribution is 6.30. The summed E-state index contributed by atoms with van der Waals surface area (Å²) >= 11 is 0. The Kier molecular flexibility index (Phi) is 8.09. The first-order valence-electron chi connectivity index (χ1n) is 11.5.